The van der Waals surface area contributed by atoms with Gasteiger partial charge in [0.2, 0.25) is 5.75 Å². The molecule has 1 aromatic carbocycles. The van der Waals surface area contributed by atoms with E-state index in [0.717, 1.165) is 34.2 Å². The molecule has 160 valence electrons. The SMILES string of the molecule is CCc1c(-c2cc(OC)c(OC)c(OC)c2)cn2c(C(=O)O)c(C)c(COC)cc12. The molecule has 0 amide bonds. The number of rotatable bonds is 8. The molecule has 2 aromatic heterocycles. The molecule has 0 saturated carbocycles. The zero-order chi connectivity index (χ0) is 22.0. The van der Waals surface area contributed by atoms with Crippen LogP contribution in [0.4, 0.5) is 0 Å². The molecular weight excluding hydrogens is 386 g/mol. The molecule has 0 atom stereocenters. The summed E-state index contributed by atoms with van der Waals surface area (Å²) in [6.45, 7) is 4.20. The molecule has 7 heteroatoms. The minimum absolute atomic E-state index is 0.230. The summed E-state index contributed by atoms with van der Waals surface area (Å²) in [4.78, 5) is 12.1. The van der Waals surface area contributed by atoms with Crippen LogP contribution in [0.3, 0.4) is 0 Å². The van der Waals surface area contributed by atoms with Crippen molar-refractivity contribution in [1.29, 1.82) is 0 Å². The van der Waals surface area contributed by atoms with Crippen LogP contribution in [0.25, 0.3) is 16.6 Å². The van der Waals surface area contributed by atoms with Crippen LogP contribution in [0.2, 0.25) is 0 Å². The van der Waals surface area contributed by atoms with Crippen molar-refractivity contribution >= 4 is 11.5 Å². The fourth-order valence-corrected chi connectivity index (χ4v) is 3.93. The van der Waals surface area contributed by atoms with Crippen LogP contribution in [0.15, 0.2) is 24.4 Å². The number of hydrogen-bond donors (Lipinski definition) is 1. The van der Waals surface area contributed by atoms with Crippen LogP contribution in [0, 0.1) is 6.92 Å². The number of carboxylic acid groups (broad SMARTS) is 1. The number of nitrogens with zero attached hydrogens (tertiary/aromatic N) is 1. The Hall–Kier alpha value is -3.19. The van der Waals surface area contributed by atoms with Gasteiger partial charge in [-0.2, -0.15) is 0 Å². The van der Waals surface area contributed by atoms with Crippen molar-refractivity contribution in [3.05, 3.63) is 46.8 Å². The number of pyridine rings is 1. The first-order valence-electron chi connectivity index (χ1n) is 9.60. The minimum atomic E-state index is -0.982. The maximum Gasteiger partial charge on any atom is 0.353 e. The molecule has 0 unspecified atom stereocenters. The van der Waals surface area contributed by atoms with Crippen molar-refractivity contribution in [2.45, 2.75) is 26.9 Å². The maximum absolute atomic E-state index is 12.1. The Morgan fingerprint density at radius 2 is 1.67 bits per heavy atom. The first-order chi connectivity index (χ1) is 14.4. The van der Waals surface area contributed by atoms with Gasteiger partial charge in [0.25, 0.3) is 0 Å². The Balaban J connectivity index is 2.38. The number of aromatic carboxylic acids is 1. The molecule has 0 saturated heterocycles. The lowest BCUT2D eigenvalue weighted by atomic mass is 10.00. The summed E-state index contributed by atoms with van der Waals surface area (Å²) < 4.78 is 23.5. The van der Waals surface area contributed by atoms with Crippen molar-refractivity contribution in [3.63, 3.8) is 0 Å². The lowest BCUT2D eigenvalue weighted by Gasteiger charge is -2.14. The van der Waals surface area contributed by atoms with Crippen molar-refractivity contribution in [3.8, 4) is 28.4 Å². The third-order valence-electron chi connectivity index (χ3n) is 5.37. The largest absolute Gasteiger partial charge is 0.493 e. The highest BCUT2D eigenvalue weighted by molar-refractivity contribution is 5.91. The van der Waals surface area contributed by atoms with E-state index in [-0.39, 0.29) is 5.69 Å². The first kappa shape index (κ1) is 21.5. The van der Waals surface area contributed by atoms with Crippen LogP contribution in [-0.4, -0.2) is 43.9 Å². The predicted octanol–water partition coefficient (Wildman–Crippen LogP) is 4.35. The van der Waals surface area contributed by atoms with Gasteiger partial charge in [0, 0.05) is 18.9 Å². The number of benzene rings is 1. The average molecular weight is 413 g/mol. The predicted molar refractivity (Wildman–Crippen MR) is 114 cm³/mol. The number of aromatic nitrogens is 1. The molecule has 0 bridgehead atoms. The average Bonchev–Trinajstić information content (AvgIpc) is 3.10. The molecule has 3 rings (SSSR count). The third kappa shape index (κ3) is 3.45. The maximum atomic E-state index is 12.1. The van der Waals surface area contributed by atoms with E-state index in [1.54, 1.807) is 32.8 Å². The second-order valence-electron chi connectivity index (χ2n) is 6.93. The molecule has 0 radical (unpaired) electrons. The zero-order valence-corrected chi connectivity index (χ0v) is 18.2. The second-order valence-corrected chi connectivity index (χ2v) is 6.93. The van der Waals surface area contributed by atoms with E-state index < -0.39 is 5.97 Å². The molecule has 0 spiro atoms. The van der Waals surface area contributed by atoms with E-state index >= 15 is 0 Å². The number of aryl methyl sites for hydroxylation is 1. The van der Waals surface area contributed by atoms with Gasteiger partial charge in [-0.1, -0.05) is 6.92 Å². The summed E-state index contributed by atoms with van der Waals surface area (Å²) >= 11 is 0. The second kappa shape index (κ2) is 8.67. The minimum Gasteiger partial charge on any atom is -0.493 e. The lowest BCUT2D eigenvalue weighted by molar-refractivity contribution is 0.0687. The molecule has 3 aromatic rings. The van der Waals surface area contributed by atoms with Gasteiger partial charge in [-0.3, -0.25) is 0 Å². The van der Waals surface area contributed by atoms with E-state index in [9.17, 15) is 9.90 Å². The van der Waals surface area contributed by atoms with Gasteiger partial charge >= 0.3 is 5.97 Å². The van der Waals surface area contributed by atoms with Gasteiger partial charge in [-0.25, -0.2) is 4.79 Å². The molecular formula is C23H27NO6. The zero-order valence-electron chi connectivity index (χ0n) is 18.2. The summed E-state index contributed by atoms with van der Waals surface area (Å²) in [7, 11) is 6.30. The van der Waals surface area contributed by atoms with Crippen molar-refractivity contribution < 1.29 is 28.8 Å². The smallest absolute Gasteiger partial charge is 0.353 e. The topological polar surface area (TPSA) is 78.6 Å². The fraction of sp³-hybridized carbons (Fsp3) is 0.348. The van der Waals surface area contributed by atoms with E-state index in [2.05, 4.69) is 0 Å². The molecule has 2 heterocycles. The van der Waals surface area contributed by atoms with Crippen molar-refractivity contribution in [2.24, 2.45) is 0 Å². The summed E-state index contributed by atoms with van der Waals surface area (Å²) in [6.07, 6.45) is 2.58. The molecule has 0 aliphatic carbocycles. The van der Waals surface area contributed by atoms with Crippen LogP contribution < -0.4 is 14.2 Å². The Morgan fingerprint density at radius 3 is 2.13 bits per heavy atom. The van der Waals surface area contributed by atoms with Gasteiger partial charge < -0.3 is 28.5 Å². The Kier molecular flexibility index (Phi) is 6.22. The number of carbonyl (C=O) groups is 1. The Bertz CT molecular complexity index is 1070. The fourth-order valence-electron chi connectivity index (χ4n) is 3.93. The van der Waals surface area contributed by atoms with E-state index in [1.807, 2.05) is 38.2 Å². The molecule has 0 aliphatic heterocycles. The van der Waals surface area contributed by atoms with Gasteiger partial charge in [-0.15, -0.1) is 0 Å². The highest BCUT2D eigenvalue weighted by Crippen LogP contribution is 2.43. The molecule has 1 N–H and O–H groups in total. The van der Waals surface area contributed by atoms with Gasteiger partial charge in [0.15, 0.2) is 11.5 Å². The number of ether oxygens (including phenoxy) is 4. The van der Waals surface area contributed by atoms with Crippen molar-refractivity contribution in [1.82, 2.24) is 4.40 Å². The normalized spacial score (nSPS) is 11.0. The highest BCUT2D eigenvalue weighted by Gasteiger charge is 2.22. The molecule has 0 fully saturated rings. The van der Waals surface area contributed by atoms with Gasteiger partial charge in [0.05, 0.1) is 33.5 Å². The van der Waals surface area contributed by atoms with Crippen LogP contribution in [0.5, 0.6) is 17.2 Å². The first-order valence-corrected chi connectivity index (χ1v) is 9.60. The van der Waals surface area contributed by atoms with Gasteiger partial charge in [0.1, 0.15) is 5.69 Å². The number of carboxylic acids is 1. The Labute approximate surface area is 175 Å². The number of methoxy groups -OCH3 is 4. The summed E-state index contributed by atoms with van der Waals surface area (Å²) in [5.41, 5.74) is 5.41. The van der Waals surface area contributed by atoms with E-state index in [0.29, 0.717) is 29.4 Å². The van der Waals surface area contributed by atoms with E-state index in [1.165, 1.54) is 0 Å². The number of fused-ring (bicyclic) bond motifs is 1. The van der Waals surface area contributed by atoms with Crippen LogP contribution in [-0.2, 0) is 17.8 Å². The quantitative estimate of drug-likeness (QED) is 0.592. The van der Waals surface area contributed by atoms with Crippen LogP contribution in [0.1, 0.15) is 34.1 Å². The lowest BCUT2D eigenvalue weighted by Crippen LogP contribution is -2.10. The standard InChI is InChI=1S/C23H27NO6/c1-7-16-17(14-9-19(28-4)22(30-6)20(10-14)29-5)11-24-18(16)8-15(12-27-3)13(2)21(24)23(25)26/h8-11H,7,12H2,1-6H3,(H,25,26). The van der Waals surface area contributed by atoms with Crippen LogP contribution >= 0.6 is 0 Å². The molecule has 30 heavy (non-hydrogen) atoms. The number of hydrogen-bond acceptors (Lipinski definition) is 5. The summed E-state index contributed by atoms with van der Waals surface area (Å²) in [5, 5.41) is 9.91. The van der Waals surface area contributed by atoms with E-state index in [4.69, 9.17) is 18.9 Å². The summed E-state index contributed by atoms with van der Waals surface area (Å²) in [6, 6.07) is 5.75. The molecule has 7 nitrogen and oxygen atoms in total. The molecule has 0 aliphatic rings. The monoisotopic (exact) mass is 413 g/mol. The summed E-state index contributed by atoms with van der Waals surface area (Å²) in [5.74, 6) is 0.609. The third-order valence-corrected chi connectivity index (χ3v) is 5.37. The van der Waals surface area contributed by atoms with Crippen molar-refractivity contribution in [2.75, 3.05) is 28.4 Å². The Morgan fingerprint density at radius 1 is 1.03 bits per heavy atom. The van der Waals surface area contributed by atoms with Gasteiger partial charge in [-0.05, 0) is 53.8 Å². The highest BCUT2D eigenvalue weighted by atomic mass is 16.5.